The molecule has 1 fully saturated rings. The number of nitrogens with zero attached hydrogens (tertiary/aromatic N) is 4. The molecule has 1 saturated carbocycles. The summed E-state index contributed by atoms with van der Waals surface area (Å²) in [6, 6.07) is 9.43. The van der Waals surface area contributed by atoms with Crippen molar-refractivity contribution in [1.82, 2.24) is 19.9 Å². The molecule has 3 aromatic rings. The zero-order chi connectivity index (χ0) is 24.5. The topological polar surface area (TPSA) is 141 Å². The lowest BCUT2D eigenvalue weighted by Crippen LogP contribution is -2.42. The third kappa shape index (κ3) is 6.23. The zero-order valence-corrected chi connectivity index (χ0v) is 21.6. The first-order chi connectivity index (χ1) is 16.2. The summed E-state index contributed by atoms with van der Waals surface area (Å²) in [4.78, 5) is 17.3. The van der Waals surface area contributed by atoms with Crippen LogP contribution in [0.3, 0.4) is 0 Å². The number of rotatable bonds is 8. The molecule has 12 heteroatoms. The second-order valence-corrected chi connectivity index (χ2v) is 9.27. The molecule has 0 aliphatic heterocycles. The number of pyridine rings is 1. The third-order valence-electron chi connectivity index (χ3n) is 6.18. The van der Waals surface area contributed by atoms with Gasteiger partial charge in [-0.25, -0.2) is 8.91 Å². The SMILES string of the molecule is CC(C)(O)[C@H](F)CNC(=O)c1cnc(-c2ccc3cc(C#N)cnn23)cc1NC1CC(CN)C1.Cl.Cl. The second kappa shape index (κ2) is 11.8. The summed E-state index contributed by atoms with van der Waals surface area (Å²) in [5.74, 6) is -0.0387. The average molecular weight is 538 g/mol. The highest BCUT2D eigenvalue weighted by Crippen LogP contribution is 2.32. The Bertz CT molecular complexity index is 1250. The molecule has 1 atom stereocenters. The smallest absolute Gasteiger partial charge is 0.255 e. The van der Waals surface area contributed by atoms with Crippen molar-refractivity contribution in [3.05, 3.63) is 47.8 Å². The van der Waals surface area contributed by atoms with Crippen molar-refractivity contribution in [2.75, 3.05) is 18.4 Å². The van der Waals surface area contributed by atoms with Gasteiger partial charge in [0.05, 0.1) is 52.1 Å². The molecule has 194 valence electrons. The Balaban J connectivity index is 0.00000228. The van der Waals surface area contributed by atoms with Gasteiger partial charge in [0.2, 0.25) is 0 Å². The first kappa shape index (κ1) is 29.3. The number of nitriles is 1. The van der Waals surface area contributed by atoms with E-state index in [4.69, 9.17) is 11.0 Å². The summed E-state index contributed by atoms with van der Waals surface area (Å²) in [6.45, 7) is 3.01. The number of halogens is 3. The van der Waals surface area contributed by atoms with Gasteiger partial charge in [-0.2, -0.15) is 10.4 Å². The minimum Gasteiger partial charge on any atom is -0.387 e. The van der Waals surface area contributed by atoms with Crippen molar-refractivity contribution < 1.29 is 14.3 Å². The van der Waals surface area contributed by atoms with Gasteiger partial charge in [0.15, 0.2) is 0 Å². The number of carbonyl (C=O) groups excluding carboxylic acids is 1. The van der Waals surface area contributed by atoms with Crippen molar-refractivity contribution >= 4 is 41.9 Å². The first-order valence-corrected chi connectivity index (χ1v) is 11.2. The fraction of sp³-hybridized carbons (Fsp3) is 0.417. The molecule has 5 N–H and O–H groups in total. The number of aromatic nitrogens is 3. The average Bonchev–Trinajstić information content (AvgIpc) is 3.21. The lowest BCUT2D eigenvalue weighted by Gasteiger charge is -2.36. The van der Waals surface area contributed by atoms with E-state index in [1.54, 1.807) is 16.6 Å². The molecule has 9 nitrogen and oxygen atoms in total. The minimum atomic E-state index is -1.62. The Hall–Kier alpha value is -2.97. The van der Waals surface area contributed by atoms with Crippen molar-refractivity contribution in [2.45, 2.75) is 44.5 Å². The van der Waals surface area contributed by atoms with Gasteiger partial charge in [0.25, 0.3) is 5.91 Å². The molecule has 1 aliphatic carbocycles. The molecule has 4 rings (SSSR count). The summed E-state index contributed by atoms with van der Waals surface area (Å²) < 4.78 is 15.8. The lowest BCUT2D eigenvalue weighted by atomic mass is 9.80. The largest absolute Gasteiger partial charge is 0.387 e. The predicted molar refractivity (Wildman–Crippen MR) is 140 cm³/mol. The van der Waals surface area contributed by atoms with Gasteiger partial charge in [-0.3, -0.25) is 9.78 Å². The number of carbonyl (C=O) groups is 1. The van der Waals surface area contributed by atoms with E-state index in [0.717, 1.165) is 18.4 Å². The number of fused-ring (bicyclic) bond motifs is 1. The summed E-state index contributed by atoms with van der Waals surface area (Å²) in [6.07, 6.45) is 3.11. The highest BCUT2D eigenvalue weighted by molar-refractivity contribution is 6.00. The minimum absolute atomic E-state index is 0. The van der Waals surface area contributed by atoms with Crippen LogP contribution in [-0.4, -0.2) is 56.5 Å². The Morgan fingerprint density at radius 2 is 2.06 bits per heavy atom. The third-order valence-corrected chi connectivity index (χ3v) is 6.18. The van der Waals surface area contributed by atoms with Crippen LogP contribution >= 0.6 is 24.8 Å². The van der Waals surface area contributed by atoms with Crippen LogP contribution < -0.4 is 16.4 Å². The molecule has 0 saturated heterocycles. The second-order valence-electron chi connectivity index (χ2n) is 9.27. The molecule has 0 bridgehead atoms. The van der Waals surface area contributed by atoms with Crippen LogP contribution in [-0.2, 0) is 0 Å². The number of alkyl halides is 1. The van der Waals surface area contributed by atoms with Crippen LogP contribution in [0.15, 0.2) is 36.7 Å². The normalized spacial score (nSPS) is 17.7. The number of nitrogens with one attached hydrogen (secondary N) is 2. The van der Waals surface area contributed by atoms with Crippen LogP contribution in [0.4, 0.5) is 10.1 Å². The number of hydrogen-bond acceptors (Lipinski definition) is 7. The number of nitrogens with two attached hydrogens (primary N) is 1. The van der Waals surface area contributed by atoms with Crippen LogP contribution in [0.1, 0.15) is 42.6 Å². The number of hydrogen-bond donors (Lipinski definition) is 4. The molecule has 0 radical (unpaired) electrons. The fourth-order valence-corrected chi connectivity index (χ4v) is 3.94. The van der Waals surface area contributed by atoms with E-state index in [9.17, 15) is 14.3 Å². The van der Waals surface area contributed by atoms with E-state index >= 15 is 0 Å². The summed E-state index contributed by atoms with van der Waals surface area (Å²) >= 11 is 0. The molecule has 3 aromatic heterocycles. The van der Waals surface area contributed by atoms with Crippen LogP contribution in [0.5, 0.6) is 0 Å². The van der Waals surface area contributed by atoms with Crippen LogP contribution in [0, 0.1) is 17.2 Å². The van der Waals surface area contributed by atoms with Crippen molar-refractivity contribution in [3.63, 3.8) is 0 Å². The van der Waals surface area contributed by atoms with E-state index in [1.807, 2.05) is 12.1 Å². The maximum absolute atomic E-state index is 14.2. The Morgan fingerprint density at radius 3 is 2.69 bits per heavy atom. The van der Waals surface area contributed by atoms with Crippen molar-refractivity contribution in [3.8, 4) is 17.5 Å². The molecule has 1 amide bonds. The van der Waals surface area contributed by atoms with Gasteiger partial charge in [0, 0.05) is 12.2 Å². The van der Waals surface area contributed by atoms with Gasteiger partial charge in [-0.15, -0.1) is 24.8 Å². The molecule has 0 aromatic carbocycles. The molecule has 0 unspecified atom stereocenters. The molecular weight excluding hydrogens is 508 g/mol. The summed E-state index contributed by atoms with van der Waals surface area (Å²) in [5.41, 5.74) is 7.53. The molecular formula is C24H30Cl2FN7O2. The number of aliphatic hydroxyl groups is 1. The highest BCUT2D eigenvalue weighted by atomic mass is 35.5. The van der Waals surface area contributed by atoms with Crippen LogP contribution in [0.2, 0.25) is 0 Å². The standard InChI is InChI=1S/C24H28FN7O2.2ClH/c1-24(2,34)22(25)13-29-23(33)18-12-28-20(8-19(18)31-16-5-14(6-16)9-26)21-4-3-17-7-15(10-27)11-30-32(17)21;;/h3-4,7-8,11-12,14,16,22,34H,5-6,9,13,26H2,1-2H3,(H,28,31)(H,29,33);2*1H/t14?,16?,22-;;/m1../s1. The summed E-state index contributed by atoms with van der Waals surface area (Å²) in [5, 5.41) is 29.2. The first-order valence-electron chi connectivity index (χ1n) is 11.2. The molecule has 1 aliphatic rings. The van der Waals surface area contributed by atoms with E-state index in [2.05, 4.69) is 26.8 Å². The van der Waals surface area contributed by atoms with Crippen molar-refractivity contribution in [1.29, 1.82) is 5.26 Å². The maximum Gasteiger partial charge on any atom is 0.255 e. The Morgan fingerprint density at radius 1 is 1.33 bits per heavy atom. The molecule has 3 heterocycles. The zero-order valence-electron chi connectivity index (χ0n) is 19.9. The van der Waals surface area contributed by atoms with Gasteiger partial charge in [0.1, 0.15) is 12.2 Å². The number of anilines is 1. The fourth-order valence-electron chi connectivity index (χ4n) is 3.94. The maximum atomic E-state index is 14.2. The van der Waals surface area contributed by atoms with E-state index in [0.29, 0.717) is 35.1 Å². The molecule has 0 spiro atoms. The van der Waals surface area contributed by atoms with Crippen molar-refractivity contribution in [2.24, 2.45) is 11.7 Å². The van der Waals surface area contributed by atoms with Gasteiger partial charge in [-0.1, -0.05) is 0 Å². The van der Waals surface area contributed by atoms with Gasteiger partial charge < -0.3 is 21.5 Å². The summed E-state index contributed by atoms with van der Waals surface area (Å²) in [7, 11) is 0. The van der Waals surface area contributed by atoms with Gasteiger partial charge >= 0.3 is 0 Å². The van der Waals surface area contributed by atoms with Gasteiger partial charge in [-0.05, 0) is 63.4 Å². The number of amides is 1. The Labute approximate surface area is 221 Å². The Kier molecular flexibility index (Phi) is 9.63. The highest BCUT2D eigenvalue weighted by Gasteiger charge is 2.30. The molecule has 36 heavy (non-hydrogen) atoms. The van der Waals surface area contributed by atoms with E-state index in [1.165, 1.54) is 26.2 Å². The quantitative estimate of drug-likeness (QED) is 0.345. The lowest BCUT2D eigenvalue weighted by molar-refractivity contribution is -0.00177. The predicted octanol–water partition coefficient (Wildman–Crippen LogP) is 3.10. The van der Waals surface area contributed by atoms with E-state index < -0.39 is 17.7 Å². The monoisotopic (exact) mass is 537 g/mol. The van der Waals surface area contributed by atoms with E-state index in [-0.39, 0.29) is 43.0 Å². The van der Waals surface area contributed by atoms with Crippen LogP contribution in [0.25, 0.3) is 16.9 Å².